The summed E-state index contributed by atoms with van der Waals surface area (Å²) in [5, 5.41) is 52.1. The van der Waals surface area contributed by atoms with E-state index in [-0.39, 0.29) is 24.0 Å². The number of nitrogens with one attached hydrogen (secondary N) is 1. The van der Waals surface area contributed by atoms with E-state index in [0.717, 1.165) is 0 Å². The number of aromatic nitrogens is 2. The van der Waals surface area contributed by atoms with Gasteiger partial charge < -0.3 is 35.1 Å². The monoisotopic (exact) mass is 465 g/mol. The number of aliphatic hydroxyl groups excluding tert-OH is 2. The molecule has 6 N–H and O–H groups in total. The van der Waals surface area contributed by atoms with Gasteiger partial charge in [0.25, 0.3) is 5.56 Å². The lowest BCUT2D eigenvalue weighted by molar-refractivity contribution is -0.428. The van der Waals surface area contributed by atoms with Crippen molar-refractivity contribution >= 4 is 5.97 Å². The normalized spacial score (nSPS) is 28.8. The summed E-state index contributed by atoms with van der Waals surface area (Å²) < 4.78 is 24.5. The highest BCUT2D eigenvalue weighted by Crippen LogP contribution is 2.44. The van der Waals surface area contributed by atoms with Crippen molar-refractivity contribution in [1.29, 1.82) is 0 Å². The Morgan fingerprint density at radius 3 is 2.59 bits per heavy atom. The first kappa shape index (κ1) is 26.1. The fourth-order valence-corrected chi connectivity index (χ4v) is 3.42. The topological polar surface area (TPSA) is 195 Å². The largest absolute Gasteiger partial charge is 0.462 e. The third-order valence-electron chi connectivity index (χ3n) is 5.16. The second-order valence-electron chi connectivity index (χ2n) is 7.29. The van der Waals surface area contributed by atoms with Crippen LogP contribution in [0.5, 0.6) is 0 Å². The fourth-order valence-electron chi connectivity index (χ4n) is 3.42. The van der Waals surface area contributed by atoms with Crippen LogP contribution in [0.2, 0.25) is 0 Å². The van der Waals surface area contributed by atoms with Crippen LogP contribution in [0.3, 0.4) is 0 Å². The summed E-state index contributed by atoms with van der Waals surface area (Å²) in [4.78, 5) is 38.2. The molecule has 0 spiro atoms. The maximum atomic E-state index is 14.7. The van der Waals surface area contributed by atoms with E-state index in [2.05, 4.69) is 4.74 Å². The van der Waals surface area contributed by atoms with Gasteiger partial charge in [-0.3, -0.25) is 9.78 Å². The number of carbonyl (C=O) groups excluding carboxylic acids is 1. The summed E-state index contributed by atoms with van der Waals surface area (Å²) in [7, 11) is 0. The molecule has 2 heterocycles. The lowest BCUT2D eigenvalue weighted by atomic mass is 10.00. The summed E-state index contributed by atoms with van der Waals surface area (Å²) >= 11 is 0. The number of esters is 1. The molecule has 1 aliphatic rings. The molecular weight excluding hydrogens is 437 g/mol. The van der Waals surface area contributed by atoms with Gasteiger partial charge in [-0.15, -0.1) is 5.06 Å². The van der Waals surface area contributed by atoms with Crippen LogP contribution in [0.15, 0.2) is 15.8 Å². The van der Waals surface area contributed by atoms with Crippen LogP contribution in [0.1, 0.15) is 49.9 Å². The van der Waals surface area contributed by atoms with Gasteiger partial charge in [0, 0.05) is 6.20 Å². The van der Waals surface area contributed by atoms with Gasteiger partial charge in [0.05, 0.1) is 13.2 Å². The highest BCUT2D eigenvalue weighted by Gasteiger charge is 2.71. The van der Waals surface area contributed by atoms with Crippen LogP contribution in [0.4, 0.5) is 4.39 Å². The van der Waals surface area contributed by atoms with Gasteiger partial charge in [0.15, 0.2) is 6.30 Å². The second kappa shape index (κ2) is 10.2. The molecule has 5 atom stereocenters. The van der Waals surface area contributed by atoms with Crippen LogP contribution in [0.25, 0.3) is 0 Å². The molecule has 1 aromatic rings. The molecule has 14 heteroatoms. The van der Waals surface area contributed by atoms with E-state index in [1.807, 2.05) is 6.92 Å². The molecule has 0 radical (unpaired) electrons. The van der Waals surface area contributed by atoms with Crippen molar-refractivity contribution in [3.63, 3.8) is 0 Å². The minimum Gasteiger partial charge on any atom is -0.462 e. The van der Waals surface area contributed by atoms with E-state index in [4.69, 9.17) is 4.74 Å². The fraction of sp³-hybridized carbons (Fsp3) is 0.722. The lowest BCUT2D eigenvalue weighted by Gasteiger charge is -2.43. The van der Waals surface area contributed by atoms with Crippen molar-refractivity contribution < 1.29 is 44.3 Å². The number of ether oxygens (including phenoxy) is 2. The third kappa shape index (κ3) is 4.34. The number of aliphatic hydroxyl groups is 4. The SMILES string of the molecule is CCCCCC(F)N(O)[C@@]1(O)[C@H](O)[C@@H](CO)O[C@@]1(O)n1cc(C(=O)OCC)c(=O)[nH]c1=O. The Hall–Kier alpha value is -2.20. The zero-order valence-corrected chi connectivity index (χ0v) is 17.6. The maximum absolute atomic E-state index is 14.7. The molecular formula is C18H28FN3O10. The second-order valence-corrected chi connectivity index (χ2v) is 7.29. The number of alkyl halides is 1. The number of nitrogens with zero attached hydrogens (tertiary/aromatic N) is 2. The van der Waals surface area contributed by atoms with Crippen LogP contribution in [0, 0.1) is 0 Å². The van der Waals surface area contributed by atoms with Crippen molar-refractivity contribution in [2.75, 3.05) is 13.2 Å². The Morgan fingerprint density at radius 1 is 1.38 bits per heavy atom. The predicted molar refractivity (Wildman–Crippen MR) is 103 cm³/mol. The van der Waals surface area contributed by atoms with Gasteiger partial charge in [-0.2, -0.15) is 0 Å². The Kier molecular flexibility index (Phi) is 8.27. The van der Waals surface area contributed by atoms with Crippen molar-refractivity contribution in [3.05, 3.63) is 32.6 Å². The molecule has 0 aliphatic carbocycles. The highest BCUT2D eigenvalue weighted by atomic mass is 19.1. The van der Waals surface area contributed by atoms with Gasteiger partial charge >= 0.3 is 17.6 Å². The number of carbonyl (C=O) groups is 1. The molecule has 1 aliphatic heterocycles. The molecule has 32 heavy (non-hydrogen) atoms. The third-order valence-corrected chi connectivity index (χ3v) is 5.16. The van der Waals surface area contributed by atoms with Gasteiger partial charge in [0.1, 0.15) is 17.8 Å². The van der Waals surface area contributed by atoms with Crippen LogP contribution < -0.4 is 11.2 Å². The van der Waals surface area contributed by atoms with E-state index in [1.165, 1.54) is 6.92 Å². The minimum atomic E-state index is -3.45. The number of hydrogen-bond donors (Lipinski definition) is 6. The maximum Gasteiger partial charge on any atom is 0.345 e. The molecule has 1 aromatic heterocycles. The summed E-state index contributed by atoms with van der Waals surface area (Å²) in [6, 6.07) is 0. The van der Waals surface area contributed by atoms with Crippen molar-refractivity contribution in [2.24, 2.45) is 0 Å². The van der Waals surface area contributed by atoms with Crippen LogP contribution in [-0.2, 0) is 15.4 Å². The molecule has 1 unspecified atom stereocenters. The predicted octanol–water partition coefficient (Wildman–Crippen LogP) is -1.68. The summed E-state index contributed by atoms with van der Waals surface area (Å²) in [6.45, 7) is 2.13. The number of halogens is 1. The number of H-pyrrole nitrogens is 1. The number of rotatable bonds is 10. The summed E-state index contributed by atoms with van der Waals surface area (Å²) in [6.07, 6.45) is -4.76. The van der Waals surface area contributed by atoms with Crippen LogP contribution in [-0.4, -0.2) is 83.7 Å². The zero-order valence-electron chi connectivity index (χ0n) is 17.6. The number of aromatic amines is 1. The van der Waals surface area contributed by atoms with Gasteiger partial charge in [-0.1, -0.05) is 19.8 Å². The molecule has 0 bridgehead atoms. The molecule has 1 fully saturated rings. The quantitative estimate of drug-likeness (QED) is 0.0760. The number of unbranched alkanes of at least 4 members (excludes halogenated alkanes) is 2. The average molecular weight is 465 g/mol. The molecule has 0 aromatic carbocycles. The van der Waals surface area contributed by atoms with E-state index in [1.54, 1.807) is 4.98 Å². The molecule has 182 valence electrons. The molecule has 0 amide bonds. The Balaban J connectivity index is 2.63. The molecule has 1 saturated heterocycles. The molecule has 2 rings (SSSR count). The van der Waals surface area contributed by atoms with Crippen molar-refractivity contribution in [3.8, 4) is 0 Å². The van der Waals surface area contributed by atoms with Gasteiger partial charge in [-0.25, -0.2) is 18.5 Å². The first-order valence-electron chi connectivity index (χ1n) is 10.1. The minimum absolute atomic E-state index is 0.0848. The van der Waals surface area contributed by atoms with E-state index in [0.29, 0.717) is 19.0 Å². The summed E-state index contributed by atoms with van der Waals surface area (Å²) in [5.41, 5.74) is -6.88. The zero-order chi connectivity index (χ0) is 24.3. The van der Waals surface area contributed by atoms with E-state index in [9.17, 15) is 44.4 Å². The molecule has 13 nitrogen and oxygen atoms in total. The smallest absolute Gasteiger partial charge is 0.345 e. The lowest BCUT2D eigenvalue weighted by Crippen LogP contribution is -2.70. The van der Waals surface area contributed by atoms with Crippen LogP contribution >= 0.6 is 0 Å². The van der Waals surface area contributed by atoms with Crippen molar-refractivity contribution in [2.45, 2.75) is 69.7 Å². The first-order chi connectivity index (χ1) is 15.0. The van der Waals surface area contributed by atoms with Gasteiger partial charge in [-0.05, 0) is 19.8 Å². The highest BCUT2D eigenvalue weighted by molar-refractivity contribution is 5.88. The van der Waals surface area contributed by atoms with Gasteiger partial charge in [0.2, 0.25) is 5.72 Å². The number of hydrogen-bond acceptors (Lipinski definition) is 11. The van der Waals surface area contributed by atoms with E-state index < -0.39 is 64.6 Å². The Morgan fingerprint density at radius 2 is 2.03 bits per heavy atom. The Labute approximate surface area is 181 Å². The van der Waals surface area contributed by atoms with E-state index >= 15 is 0 Å². The average Bonchev–Trinajstić information content (AvgIpc) is 2.95. The Bertz CT molecular complexity index is 923. The standard InChI is InChI=1S/C18H28FN3O10/c1-3-5-6-7-12(19)22(30)17(28)13(24)11(9-23)32-18(17,29)21-8-10(15(26)31-4-2)14(25)20-16(21)27/h8,11-13,23-24,28-30H,3-7,9H2,1-2H3,(H,20,25,27)/t11-,12?,13-,17-,18-/m1/s1. The molecule has 0 saturated carbocycles. The number of hydroxylamine groups is 2. The summed E-state index contributed by atoms with van der Waals surface area (Å²) in [5.74, 6) is -4.65. The first-order valence-corrected chi connectivity index (χ1v) is 10.1. The van der Waals surface area contributed by atoms with Crippen molar-refractivity contribution in [1.82, 2.24) is 14.6 Å².